The van der Waals surface area contributed by atoms with E-state index in [4.69, 9.17) is 0 Å². The van der Waals surface area contributed by atoms with Crippen LogP contribution in [0, 0.1) is 19.7 Å². The number of nitrogens with one attached hydrogen (secondary N) is 1. The third kappa shape index (κ3) is 3.08. The number of nitrogens with zero attached hydrogens (tertiary/aromatic N) is 2. The van der Waals surface area contributed by atoms with E-state index >= 15 is 0 Å². The maximum atomic E-state index is 14.0. The van der Waals surface area contributed by atoms with Gasteiger partial charge in [0.05, 0.1) is 5.69 Å². The quantitative estimate of drug-likeness (QED) is 0.909. The molecule has 0 spiro atoms. The molecule has 19 heavy (non-hydrogen) atoms. The van der Waals surface area contributed by atoms with Crippen molar-refractivity contribution in [1.82, 2.24) is 10.2 Å². The molecular formula is C15H18FN3. The van der Waals surface area contributed by atoms with Gasteiger partial charge < -0.3 is 5.32 Å². The first-order valence-corrected chi connectivity index (χ1v) is 6.46. The molecule has 0 saturated heterocycles. The Bertz CT molecular complexity index is 541. The molecule has 4 heteroatoms. The van der Waals surface area contributed by atoms with Gasteiger partial charge in [0, 0.05) is 12.1 Å². The molecule has 0 aliphatic heterocycles. The number of aryl methyl sites for hydroxylation is 2. The van der Waals surface area contributed by atoms with Gasteiger partial charge in [-0.05, 0) is 49.6 Å². The largest absolute Gasteiger partial charge is 0.369 e. The van der Waals surface area contributed by atoms with Crippen LogP contribution < -0.4 is 5.32 Å². The first-order valence-electron chi connectivity index (χ1n) is 6.46. The maximum absolute atomic E-state index is 14.0. The summed E-state index contributed by atoms with van der Waals surface area (Å²) in [7, 11) is 0. The molecule has 0 fully saturated rings. The van der Waals surface area contributed by atoms with Gasteiger partial charge in [-0.2, -0.15) is 0 Å². The molecule has 0 aliphatic carbocycles. The van der Waals surface area contributed by atoms with E-state index in [0.717, 1.165) is 29.9 Å². The summed E-state index contributed by atoms with van der Waals surface area (Å²) < 4.78 is 14.0. The van der Waals surface area contributed by atoms with Crippen molar-refractivity contribution >= 4 is 5.82 Å². The van der Waals surface area contributed by atoms with Crippen LogP contribution in [-0.2, 0) is 0 Å². The molecule has 1 aromatic carbocycles. The molecular weight excluding hydrogens is 241 g/mol. The van der Waals surface area contributed by atoms with Crippen molar-refractivity contribution < 1.29 is 4.39 Å². The lowest BCUT2D eigenvalue weighted by atomic mass is 10.0. The topological polar surface area (TPSA) is 37.8 Å². The van der Waals surface area contributed by atoms with Crippen molar-refractivity contribution in [2.45, 2.75) is 27.2 Å². The number of hydrogen-bond donors (Lipinski definition) is 1. The highest BCUT2D eigenvalue weighted by Crippen LogP contribution is 2.26. The van der Waals surface area contributed by atoms with Gasteiger partial charge in [-0.1, -0.05) is 13.0 Å². The summed E-state index contributed by atoms with van der Waals surface area (Å²) in [5.74, 6) is 0.469. The summed E-state index contributed by atoms with van der Waals surface area (Å²) in [6.07, 6.45) is 1.02. The van der Waals surface area contributed by atoms with Crippen molar-refractivity contribution in [3.8, 4) is 11.3 Å². The predicted molar refractivity (Wildman–Crippen MR) is 75.7 cm³/mol. The van der Waals surface area contributed by atoms with Gasteiger partial charge in [0.25, 0.3) is 0 Å². The van der Waals surface area contributed by atoms with E-state index in [-0.39, 0.29) is 5.82 Å². The van der Waals surface area contributed by atoms with Crippen LogP contribution in [0.5, 0.6) is 0 Å². The van der Waals surface area contributed by atoms with Crippen LogP contribution in [0.4, 0.5) is 10.2 Å². The summed E-state index contributed by atoms with van der Waals surface area (Å²) in [4.78, 5) is 0. The van der Waals surface area contributed by atoms with Crippen LogP contribution in [-0.4, -0.2) is 16.7 Å². The highest BCUT2D eigenvalue weighted by Gasteiger charge is 2.11. The third-order valence-electron chi connectivity index (χ3n) is 2.91. The Morgan fingerprint density at radius 3 is 2.53 bits per heavy atom. The summed E-state index contributed by atoms with van der Waals surface area (Å²) >= 11 is 0. The number of halogens is 1. The van der Waals surface area contributed by atoms with Crippen LogP contribution in [0.25, 0.3) is 11.3 Å². The second-order valence-electron chi connectivity index (χ2n) is 4.67. The molecule has 0 amide bonds. The Morgan fingerprint density at radius 2 is 1.95 bits per heavy atom. The van der Waals surface area contributed by atoms with Gasteiger partial charge in [-0.25, -0.2) is 4.39 Å². The van der Waals surface area contributed by atoms with Crippen LogP contribution in [0.15, 0.2) is 24.3 Å². The zero-order chi connectivity index (χ0) is 13.8. The van der Waals surface area contributed by atoms with Crippen molar-refractivity contribution in [2.75, 3.05) is 11.9 Å². The molecule has 100 valence electrons. The van der Waals surface area contributed by atoms with Crippen LogP contribution in [0.3, 0.4) is 0 Å². The number of aromatic nitrogens is 2. The van der Waals surface area contributed by atoms with Crippen molar-refractivity contribution in [2.24, 2.45) is 0 Å². The Hall–Kier alpha value is -1.97. The molecule has 0 radical (unpaired) electrons. The minimum absolute atomic E-state index is 0.249. The summed E-state index contributed by atoms with van der Waals surface area (Å²) in [5, 5.41) is 11.3. The Morgan fingerprint density at radius 1 is 1.16 bits per heavy atom. The molecule has 0 bridgehead atoms. The fourth-order valence-corrected chi connectivity index (χ4v) is 2.05. The highest BCUT2D eigenvalue weighted by atomic mass is 19.1. The first kappa shape index (κ1) is 13.5. The van der Waals surface area contributed by atoms with Gasteiger partial charge in [-0.3, -0.25) is 0 Å². The summed E-state index contributed by atoms with van der Waals surface area (Å²) in [6.45, 7) is 6.70. The van der Waals surface area contributed by atoms with Gasteiger partial charge in [0.15, 0.2) is 0 Å². The SMILES string of the molecule is CCCNc1ccc(-c2c(C)cc(C)cc2F)nn1. The molecule has 2 aromatic rings. The van der Waals surface area contributed by atoms with E-state index in [2.05, 4.69) is 22.4 Å². The predicted octanol–water partition coefficient (Wildman–Crippen LogP) is 3.72. The summed E-state index contributed by atoms with van der Waals surface area (Å²) in [6, 6.07) is 7.10. The zero-order valence-electron chi connectivity index (χ0n) is 11.5. The summed E-state index contributed by atoms with van der Waals surface area (Å²) in [5.41, 5.74) is 2.88. The van der Waals surface area contributed by atoms with Crippen LogP contribution in [0.1, 0.15) is 24.5 Å². The molecule has 3 nitrogen and oxygen atoms in total. The normalized spacial score (nSPS) is 10.5. The first-order chi connectivity index (χ1) is 9.11. The molecule has 1 aromatic heterocycles. The zero-order valence-corrected chi connectivity index (χ0v) is 11.5. The van der Waals surface area contributed by atoms with E-state index < -0.39 is 0 Å². The third-order valence-corrected chi connectivity index (χ3v) is 2.91. The van der Waals surface area contributed by atoms with Crippen molar-refractivity contribution in [3.05, 3.63) is 41.2 Å². The van der Waals surface area contributed by atoms with E-state index in [1.54, 1.807) is 6.07 Å². The lowest BCUT2D eigenvalue weighted by Gasteiger charge is -2.08. The molecule has 0 atom stereocenters. The minimum Gasteiger partial charge on any atom is -0.369 e. The Labute approximate surface area is 112 Å². The average molecular weight is 259 g/mol. The lowest BCUT2D eigenvalue weighted by molar-refractivity contribution is 0.628. The van der Waals surface area contributed by atoms with Gasteiger partial charge in [-0.15, -0.1) is 10.2 Å². The Balaban J connectivity index is 2.32. The standard InChI is InChI=1S/C15H18FN3/c1-4-7-17-14-6-5-13(18-19-14)15-11(3)8-10(2)9-12(15)16/h5-6,8-9H,4,7H2,1-3H3,(H,17,19). The molecule has 1 N–H and O–H groups in total. The number of anilines is 1. The van der Waals surface area contributed by atoms with E-state index in [9.17, 15) is 4.39 Å². The Kier molecular flexibility index (Phi) is 4.10. The van der Waals surface area contributed by atoms with Gasteiger partial charge >= 0.3 is 0 Å². The van der Waals surface area contributed by atoms with Gasteiger partial charge in [0.2, 0.25) is 0 Å². The number of rotatable bonds is 4. The monoisotopic (exact) mass is 259 g/mol. The molecule has 0 unspecified atom stereocenters. The van der Waals surface area contributed by atoms with E-state index in [1.807, 2.05) is 26.0 Å². The van der Waals surface area contributed by atoms with Crippen LogP contribution in [0.2, 0.25) is 0 Å². The molecule has 1 heterocycles. The smallest absolute Gasteiger partial charge is 0.148 e. The van der Waals surface area contributed by atoms with Crippen molar-refractivity contribution in [3.63, 3.8) is 0 Å². The lowest BCUT2D eigenvalue weighted by Crippen LogP contribution is -2.03. The fraction of sp³-hybridized carbons (Fsp3) is 0.333. The second kappa shape index (κ2) is 5.78. The highest BCUT2D eigenvalue weighted by molar-refractivity contribution is 5.65. The van der Waals surface area contributed by atoms with Crippen LogP contribution >= 0.6 is 0 Å². The van der Waals surface area contributed by atoms with E-state index in [1.165, 1.54) is 6.07 Å². The molecule has 2 rings (SSSR count). The van der Waals surface area contributed by atoms with E-state index in [0.29, 0.717) is 11.3 Å². The fourth-order valence-electron chi connectivity index (χ4n) is 2.05. The van der Waals surface area contributed by atoms with Gasteiger partial charge in [0.1, 0.15) is 11.6 Å². The number of benzene rings is 1. The second-order valence-corrected chi connectivity index (χ2v) is 4.67. The maximum Gasteiger partial charge on any atom is 0.148 e. The average Bonchev–Trinajstić information content (AvgIpc) is 2.36. The molecule has 0 aliphatic rings. The number of hydrogen-bond acceptors (Lipinski definition) is 3. The van der Waals surface area contributed by atoms with Crippen molar-refractivity contribution in [1.29, 1.82) is 0 Å². The minimum atomic E-state index is -0.249. The molecule has 0 saturated carbocycles.